The van der Waals surface area contributed by atoms with Crippen LogP contribution in [0, 0.1) is 6.92 Å². The zero-order chi connectivity index (χ0) is 13.1. The molecule has 0 bridgehead atoms. The highest BCUT2D eigenvalue weighted by atomic mass is 28.4. The summed E-state index contributed by atoms with van der Waals surface area (Å²) in [5.74, 6) is 0. The predicted molar refractivity (Wildman–Crippen MR) is 76.5 cm³/mol. The van der Waals surface area contributed by atoms with Crippen LogP contribution in [0.15, 0.2) is 30.3 Å². The first kappa shape index (κ1) is 16.4. The van der Waals surface area contributed by atoms with E-state index in [-0.39, 0.29) is 0 Å². The van der Waals surface area contributed by atoms with E-state index in [1.165, 1.54) is 5.56 Å². The standard InChI is InChI=1S/C7H18O2Si.C7H8/c1-5-8-10(4,7-3)9-6-2;1-7-5-3-2-4-6-7/h5-7H2,1-4H3;2-6H,1H3. The van der Waals surface area contributed by atoms with Gasteiger partial charge in [-0.1, -0.05) is 42.8 Å². The Hall–Kier alpha value is -0.643. The van der Waals surface area contributed by atoms with Crippen LogP contribution < -0.4 is 0 Å². The molecule has 0 aliphatic heterocycles. The molecule has 1 rings (SSSR count). The fourth-order valence-electron chi connectivity index (χ4n) is 1.39. The minimum absolute atomic E-state index is 0.774. The van der Waals surface area contributed by atoms with Crippen LogP contribution in [-0.4, -0.2) is 21.8 Å². The van der Waals surface area contributed by atoms with E-state index in [0.717, 1.165) is 19.3 Å². The second-order valence-electron chi connectivity index (χ2n) is 4.01. The highest BCUT2D eigenvalue weighted by Crippen LogP contribution is 2.11. The Morgan fingerprint density at radius 2 is 1.41 bits per heavy atom. The number of hydrogen-bond donors (Lipinski definition) is 0. The van der Waals surface area contributed by atoms with Crippen LogP contribution in [0.25, 0.3) is 0 Å². The van der Waals surface area contributed by atoms with E-state index in [0.29, 0.717) is 0 Å². The van der Waals surface area contributed by atoms with Gasteiger partial charge in [0.1, 0.15) is 0 Å². The van der Waals surface area contributed by atoms with Gasteiger partial charge in [0, 0.05) is 13.2 Å². The molecule has 3 heteroatoms. The summed E-state index contributed by atoms with van der Waals surface area (Å²) in [7, 11) is -1.72. The quantitative estimate of drug-likeness (QED) is 0.735. The van der Waals surface area contributed by atoms with E-state index in [9.17, 15) is 0 Å². The molecule has 0 heterocycles. The van der Waals surface area contributed by atoms with Gasteiger partial charge in [-0.25, -0.2) is 0 Å². The van der Waals surface area contributed by atoms with Gasteiger partial charge in [-0.15, -0.1) is 0 Å². The molecule has 0 amide bonds. The van der Waals surface area contributed by atoms with Gasteiger partial charge in [-0.3, -0.25) is 0 Å². The van der Waals surface area contributed by atoms with Gasteiger partial charge in [0.25, 0.3) is 0 Å². The van der Waals surface area contributed by atoms with Gasteiger partial charge >= 0.3 is 8.56 Å². The molecule has 1 aromatic rings. The molecule has 2 nitrogen and oxygen atoms in total. The number of hydrogen-bond acceptors (Lipinski definition) is 2. The molecule has 98 valence electrons. The summed E-state index contributed by atoms with van der Waals surface area (Å²) in [5, 5.41) is 0. The molecule has 0 atom stereocenters. The lowest BCUT2D eigenvalue weighted by atomic mass is 10.2. The number of benzene rings is 1. The predicted octanol–water partition coefficient (Wildman–Crippen LogP) is 4.15. The minimum Gasteiger partial charge on any atom is -0.395 e. The number of rotatable bonds is 5. The Morgan fingerprint density at radius 3 is 1.65 bits per heavy atom. The number of aryl methyl sites for hydroxylation is 1. The van der Waals surface area contributed by atoms with Gasteiger partial charge in [0.15, 0.2) is 0 Å². The molecule has 0 saturated heterocycles. The third-order valence-electron chi connectivity index (χ3n) is 2.48. The first-order chi connectivity index (χ1) is 8.08. The van der Waals surface area contributed by atoms with Crippen molar-refractivity contribution in [3.05, 3.63) is 35.9 Å². The highest BCUT2D eigenvalue weighted by Gasteiger charge is 2.27. The van der Waals surface area contributed by atoms with Crippen molar-refractivity contribution >= 4 is 8.56 Å². The maximum atomic E-state index is 5.54. The van der Waals surface area contributed by atoms with Crippen molar-refractivity contribution in [2.75, 3.05) is 13.2 Å². The first-order valence-electron chi connectivity index (χ1n) is 6.37. The first-order valence-corrected chi connectivity index (χ1v) is 8.89. The second kappa shape index (κ2) is 9.39. The summed E-state index contributed by atoms with van der Waals surface area (Å²) < 4.78 is 11.1. The highest BCUT2D eigenvalue weighted by molar-refractivity contribution is 6.65. The Kier molecular flexibility index (Phi) is 9.04. The largest absolute Gasteiger partial charge is 0.395 e. The third kappa shape index (κ3) is 8.13. The fourth-order valence-corrected chi connectivity index (χ4v) is 3.10. The molecule has 0 aliphatic rings. The zero-order valence-corrected chi connectivity index (χ0v) is 12.8. The van der Waals surface area contributed by atoms with Gasteiger partial charge in [0.05, 0.1) is 0 Å². The maximum Gasteiger partial charge on any atom is 0.334 e. The van der Waals surface area contributed by atoms with Crippen LogP contribution in [0.4, 0.5) is 0 Å². The van der Waals surface area contributed by atoms with Crippen molar-refractivity contribution in [3.63, 3.8) is 0 Å². The summed E-state index contributed by atoms with van der Waals surface area (Å²) in [4.78, 5) is 0. The fraction of sp³-hybridized carbons (Fsp3) is 0.571. The van der Waals surface area contributed by atoms with Crippen molar-refractivity contribution in [2.24, 2.45) is 0 Å². The molecule has 17 heavy (non-hydrogen) atoms. The monoisotopic (exact) mass is 254 g/mol. The average Bonchev–Trinajstić information content (AvgIpc) is 2.31. The minimum atomic E-state index is -1.72. The summed E-state index contributed by atoms with van der Waals surface area (Å²) >= 11 is 0. The summed E-state index contributed by atoms with van der Waals surface area (Å²) in [6, 6.07) is 11.3. The van der Waals surface area contributed by atoms with Gasteiger partial charge in [-0.05, 0) is 33.4 Å². The van der Waals surface area contributed by atoms with E-state index < -0.39 is 8.56 Å². The Morgan fingerprint density at radius 1 is 0.941 bits per heavy atom. The summed E-state index contributed by atoms with van der Waals surface area (Å²) in [6.07, 6.45) is 0. The lowest BCUT2D eigenvalue weighted by molar-refractivity contribution is 0.190. The van der Waals surface area contributed by atoms with Crippen LogP contribution in [0.3, 0.4) is 0 Å². The summed E-state index contributed by atoms with van der Waals surface area (Å²) in [6.45, 7) is 11.9. The van der Waals surface area contributed by atoms with Crippen molar-refractivity contribution in [2.45, 2.75) is 40.3 Å². The van der Waals surface area contributed by atoms with Gasteiger partial charge in [0.2, 0.25) is 0 Å². The Balaban J connectivity index is 0.000000318. The van der Waals surface area contributed by atoms with E-state index in [4.69, 9.17) is 8.85 Å². The van der Waals surface area contributed by atoms with E-state index in [2.05, 4.69) is 32.5 Å². The van der Waals surface area contributed by atoms with Crippen LogP contribution >= 0.6 is 0 Å². The van der Waals surface area contributed by atoms with Gasteiger partial charge < -0.3 is 8.85 Å². The summed E-state index contributed by atoms with van der Waals surface area (Å²) in [5.41, 5.74) is 1.32. The molecule has 0 radical (unpaired) electrons. The van der Waals surface area contributed by atoms with Gasteiger partial charge in [-0.2, -0.15) is 0 Å². The van der Waals surface area contributed by atoms with Crippen molar-refractivity contribution in [1.29, 1.82) is 0 Å². The normalized spacial score (nSPS) is 10.6. The lowest BCUT2D eigenvalue weighted by Crippen LogP contribution is -2.37. The van der Waals surface area contributed by atoms with Crippen molar-refractivity contribution in [1.82, 2.24) is 0 Å². The topological polar surface area (TPSA) is 18.5 Å². The zero-order valence-electron chi connectivity index (χ0n) is 11.8. The Bertz CT molecular complexity index is 269. The second-order valence-corrected chi connectivity index (χ2v) is 7.56. The molecule has 0 aliphatic carbocycles. The smallest absolute Gasteiger partial charge is 0.334 e. The maximum absolute atomic E-state index is 5.54. The average molecular weight is 254 g/mol. The van der Waals surface area contributed by atoms with Crippen molar-refractivity contribution < 1.29 is 8.85 Å². The van der Waals surface area contributed by atoms with E-state index in [1.54, 1.807) is 0 Å². The molecule has 0 fully saturated rings. The molecule has 1 aromatic carbocycles. The SMILES string of the molecule is CCO[Si](C)(CC)OCC.Cc1ccccc1. The lowest BCUT2D eigenvalue weighted by Gasteiger charge is -2.23. The Labute approximate surface area is 107 Å². The van der Waals surface area contributed by atoms with Crippen LogP contribution in [-0.2, 0) is 8.85 Å². The molecular formula is C14H26O2Si. The molecule has 0 unspecified atom stereocenters. The van der Waals surface area contributed by atoms with Crippen LogP contribution in [0.5, 0.6) is 0 Å². The molecule has 0 aromatic heterocycles. The van der Waals surface area contributed by atoms with Crippen molar-refractivity contribution in [3.8, 4) is 0 Å². The van der Waals surface area contributed by atoms with E-state index in [1.807, 2.05) is 32.0 Å². The van der Waals surface area contributed by atoms with Crippen LogP contribution in [0.1, 0.15) is 26.3 Å². The van der Waals surface area contributed by atoms with E-state index >= 15 is 0 Å². The molecular weight excluding hydrogens is 228 g/mol. The van der Waals surface area contributed by atoms with Crippen LogP contribution in [0.2, 0.25) is 12.6 Å². The third-order valence-corrected chi connectivity index (χ3v) is 5.57. The molecule has 0 N–H and O–H groups in total. The molecule has 0 spiro atoms. The molecule has 0 saturated carbocycles.